The zero-order valence-corrected chi connectivity index (χ0v) is 9.08. The van der Waals surface area contributed by atoms with Crippen molar-refractivity contribution in [2.75, 3.05) is 33.2 Å². The molecule has 0 saturated carbocycles. The van der Waals surface area contributed by atoms with Gasteiger partial charge in [0.2, 0.25) is 0 Å². The molecule has 0 aliphatic carbocycles. The van der Waals surface area contributed by atoms with E-state index < -0.39 is 0 Å². The number of nitrogens with one attached hydrogen (secondary N) is 1. The Morgan fingerprint density at radius 3 is 3.07 bits per heavy atom. The predicted octanol–water partition coefficient (Wildman–Crippen LogP) is 0.127. The molecule has 14 heavy (non-hydrogen) atoms. The van der Waals surface area contributed by atoms with Gasteiger partial charge in [0.25, 0.3) is 0 Å². The van der Waals surface area contributed by atoms with Gasteiger partial charge in [0.15, 0.2) is 0 Å². The van der Waals surface area contributed by atoms with Crippen molar-refractivity contribution in [3.63, 3.8) is 0 Å². The van der Waals surface area contributed by atoms with Gasteiger partial charge in [-0.25, -0.2) is 0 Å². The van der Waals surface area contributed by atoms with Crippen molar-refractivity contribution in [3.8, 4) is 0 Å². The van der Waals surface area contributed by atoms with Gasteiger partial charge >= 0.3 is 0 Å². The summed E-state index contributed by atoms with van der Waals surface area (Å²) in [4.78, 5) is 5.26. The Morgan fingerprint density at radius 2 is 2.14 bits per heavy atom. The highest BCUT2D eigenvalue weighted by molar-refractivity contribution is 5.00. The normalized spacial score (nSPS) is 44.8. The van der Waals surface area contributed by atoms with Crippen LogP contribution in [0.4, 0.5) is 0 Å². The van der Waals surface area contributed by atoms with E-state index in [0.717, 1.165) is 18.1 Å². The van der Waals surface area contributed by atoms with Gasteiger partial charge < -0.3 is 10.2 Å². The summed E-state index contributed by atoms with van der Waals surface area (Å²) >= 11 is 0. The van der Waals surface area contributed by atoms with Crippen molar-refractivity contribution in [3.05, 3.63) is 0 Å². The van der Waals surface area contributed by atoms with Gasteiger partial charge in [0.05, 0.1) is 0 Å². The molecule has 0 bridgehead atoms. The fourth-order valence-corrected chi connectivity index (χ4v) is 3.47. The Balaban J connectivity index is 1.76. The third kappa shape index (κ3) is 1.38. The number of hydrogen-bond donors (Lipinski definition) is 1. The summed E-state index contributed by atoms with van der Waals surface area (Å²) < 4.78 is 0. The lowest BCUT2D eigenvalue weighted by atomic mass is 9.94. The number of likely N-dealkylation sites (tertiary alicyclic amines) is 1. The second kappa shape index (κ2) is 3.47. The third-order valence-corrected chi connectivity index (χ3v) is 4.25. The first-order chi connectivity index (χ1) is 6.84. The highest BCUT2D eigenvalue weighted by Gasteiger charge is 2.41. The van der Waals surface area contributed by atoms with Crippen LogP contribution in [-0.2, 0) is 0 Å². The quantitative estimate of drug-likeness (QED) is 0.592. The van der Waals surface area contributed by atoms with Crippen molar-refractivity contribution in [2.24, 2.45) is 0 Å². The molecule has 3 saturated heterocycles. The Hall–Kier alpha value is -0.120. The number of hydrogen-bond acceptors (Lipinski definition) is 3. The average molecular weight is 195 g/mol. The molecule has 3 fully saturated rings. The largest absolute Gasteiger partial charge is 0.311 e. The molecule has 1 N–H and O–H groups in total. The first-order valence-electron chi connectivity index (χ1n) is 6.02. The Bertz CT molecular complexity index is 219. The van der Waals surface area contributed by atoms with Crippen molar-refractivity contribution in [1.29, 1.82) is 0 Å². The lowest BCUT2D eigenvalue weighted by Gasteiger charge is -2.48. The SMILES string of the molecule is CN1CCC2NCC3CCCN3C2C1. The number of piperidine rings is 1. The fourth-order valence-electron chi connectivity index (χ4n) is 3.47. The Morgan fingerprint density at radius 1 is 1.21 bits per heavy atom. The molecule has 0 radical (unpaired) electrons. The van der Waals surface area contributed by atoms with Crippen LogP contribution >= 0.6 is 0 Å². The molecular weight excluding hydrogens is 174 g/mol. The summed E-state index contributed by atoms with van der Waals surface area (Å²) in [6.45, 7) is 5.13. The smallest absolute Gasteiger partial charge is 0.0380 e. The van der Waals surface area contributed by atoms with Crippen molar-refractivity contribution >= 4 is 0 Å². The minimum atomic E-state index is 0.778. The standard InChI is InChI=1S/C11H21N3/c1-13-6-4-10-11(8-13)14-5-2-3-9(14)7-12-10/h9-12H,2-8H2,1H3. The van der Waals surface area contributed by atoms with E-state index in [2.05, 4.69) is 22.2 Å². The van der Waals surface area contributed by atoms with E-state index in [9.17, 15) is 0 Å². The van der Waals surface area contributed by atoms with Gasteiger partial charge in [-0.3, -0.25) is 4.90 Å². The fraction of sp³-hybridized carbons (Fsp3) is 1.00. The first kappa shape index (κ1) is 9.13. The van der Waals surface area contributed by atoms with Crippen molar-refractivity contribution < 1.29 is 0 Å². The van der Waals surface area contributed by atoms with E-state index in [1.165, 1.54) is 45.4 Å². The zero-order valence-electron chi connectivity index (χ0n) is 9.08. The number of likely N-dealkylation sites (N-methyl/N-ethyl adjacent to an activating group) is 1. The van der Waals surface area contributed by atoms with E-state index in [1.807, 2.05) is 0 Å². The Labute approximate surface area is 86.4 Å². The molecule has 0 aromatic heterocycles. The molecule has 80 valence electrons. The first-order valence-corrected chi connectivity index (χ1v) is 6.02. The topological polar surface area (TPSA) is 18.5 Å². The lowest BCUT2D eigenvalue weighted by Crippen LogP contribution is -2.66. The van der Waals surface area contributed by atoms with Crippen molar-refractivity contribution in [1.82, 2.24) is 15.1 Å². The van der Waals surface area contributed by atoms with E-state index in [1.54, 1.807) is 0 Å². The van der Waals surface area contributed by atoms with Crippen LogP contribution in [0, 0.1) is 0 Å². The summed E-state index contributed by atoms with van der Waals surface area (Å²) in [5.41, 5.74) is 0. The molecule has 0 amide bonds. The van der Waals surface area contributed by atoms with Gasteiger partial charge in [-0.2, -0.15) is 0 Å². The van der Waals surface area contributed by atoms with Crippen LogP contribution in [0.1, 0.15) is 19.3 Å². The van der Waals surface area contributed by atoms with Crippen LogP contribution in [0.25, 0.3) is 0 Å². The second-order valence-corrected chi connectivity index (χ2v) is 5.17. The van der Waals surface area contributed by atoms with E-state index in [4.69, 9.17) is 0 Å². The molecule has 3 heterocycles. The van der Waals surface area contributed by atoms with Crippen LogP contribution in [0.5, 0.6) is 0 Å². The van der Waals surface area contributed by atoms with Crippen molar-refractivity contribution in [2.45, 2.75) is 37.4 Å². The van der Waals surface area contributed by atoms with E-state index >= 15 is 0 Å². The number of fused-ring (bicyclic) bond motifs is 3. The van der Waals surface area contributed by atoms with Crippen LogP contribution in [-0.4, -0.2) is 61.2 Å². The molecule has 3 aliphatic heterocycles. The molecular formula is C11H21N3. The van der Waals surface area contributed by atoms with Gasteiger partial charge in [-0.05, 0) is 39.4 Å². The molecule has 0 spiro atoms. The summed E-state index contributed by atoms with van der Waals surface area (Å²) in [5, 5.41) is 3.74. The third-order valence-electron chi connectivity index (χ3n) is 4.25. The van der Waals surface area contributed by atoms with Crippen LogP contribution in [0.15, 0.2) is 0 Å². The van der Waals surface area contributed by atoms with Gasteiger partial charge in [0, 0.05) is 31.2 Å². The maximum Gasteiger partial charge on any atom is 0.0380 e. The lowest BCUT2D eigenvalue weighted by molar-refractivity contribution is 0.0402. The number of piperazine rings is 1. The number of nitrogens with zero attached hydrogens (tertiary/aromatic N) is 2. The summed E-state index contributed by atoms with van der Waals surface area (Å²) in [6.07, 6.45) is 4.17. The summed E-state index contributed by atoms with van der Waals surface area (Å²) in [5.74, 6) is 0. The molecule has 3 rings (SSSR count). The Kier molecular flexibility index (Phi) is 2.26. The van der Waals surface area contributed by atoms with Crippen LogP contribution < -0.4 is 5.32 Å². The molecule has 3 heteroatoms. The minimum Gasteiger partial charge on any atom is -0.311 e. The summed E-state index contributed by atoms with van der Waals surface area (Å²) in [6, 6.07) is 2.43. The maximum absolute atomic E-state index is 3.74. The van der Waals surface area contributed by atoms with Crippen LogP contribution in [0.2, 0.25) is 0 Å². The van der Waals surface area contributed by atoms with Crippen LogP contribution in [0.3, 0.4) is 0 Å². The van der Waals surface area contributed by atoms with E-state index in [-0.39, 0.29) is 0 Å². The zero-order chi connectivity index (χ0) is 9.54. The predicted molar refractivity (Wildman–Crippen MR) is 57.4 cm³/mol. The molecule has 0 aromatic rings. The monoisotopic (exact) mass is 195 g/mol. The molecule has 3 nitrogen and oxygen atoms in total. The summed E-state index contributed by atoms with van der Waals surface area (Å²) in [7, 11) is 2.26. The minimum absolute atomic E-state index is 0.778. The maximum atomic E-state index is 3.74. The number of rotatable bonds is 0. The highest BCUT2D eigenvalue weighted by atomic mass is 15.3. The highest BCUT2D eigenvalue weighted by Crippen LogP contribution is 2.28. The molecule has 3 atom stereocenters. The van der Waals surface area contributed by atoms with Gasteiger partial charge in [-0.1, -0.05) is 0 Å². The second-order valence-electron chi connectivity index (χ2n) is 5.17. The molecule has 3 aliphatic rings. The van der Waals surface area contributed by atoms with Gasteiger partial charge in [0.1, 0.15) is 0 Å². The van der Waals surface area contributed by atoms with E-state index in [0.29, 0.717) is 0 Å². The average Bonchev–Trinajstić information content (AvgIpc) is 2.65. The van der Waals surface area contributed by atoms with Gasteiger partial charge in [-0.15, -0.1) is 0 Å². The molecule has 3 unspecified atom stereocenters. The molecule has 0 aromatic carbocycles.